The number of hydrogen-bond donors (Lipinski definition) is 1. The number of carbonyl (C=O) groups is 1. The first kappa shape index (κ1) is 15.6. The zero-order valence-corrected chi connectivity index (χ0v) is 13.7. The van der Waals surface area contributed by atoms with E-state index in [1.54, 1.807) is 24.5 Å². The van der Waals surface area contributed by atoms with Gasteiger partial charge in [0.1, 0.15) is 10.6 Å². The molecule has 0 spiro atoms. The number of rotatable bonds is 6. The Bertz CT molecular complexity index is 925. The van der Waals surface area contributed by atoms with E-state index in [-0.39, 0.29) is 11.3 Å². The molecule has 23 heavy (non-hydrogen) atoms. The maximum atomic E-state index is 12.9. The Morgan fingerprint density at radius 2 is 2.39 bits per heavy atom. The van der Waals surface area contributed by atoms with Crippen LogP contribution < -0.4 is 11.3 Å². The second-order valence-electron chi connectivity index (χ2n) is 4.66. The summed E-state index contributed by atoms with van der Waals surface area (Å²) in [6.45, 7) is 3.97. The Kier molecular flexibility index (Phi) is 4.35. The molecular weight excluding hydrogens is 334 g/mol. The molecule has 0 bridgehead atoms. The maximum absolute atomic E-state index is 12.9. The first-order chi connectivity index (χ1) is 11.1. The molecular formula is C15H13N3O3S2. The largest absolute Gasteiger partial charge is 0.464 e. The van der Waals surface area contributed by atoms with Gasteiger partial charge in [-0.1, -0.05) is 17.8 Å². The van der Waals surface area contributed by atoms with Gasteiger partial charge in [0.15, 0.2) is 5.16 Å². The van der Waals surface area contributed by atoms with E-state index in [0.29, 0.717) is 27.7 Å². The summed E-state index contributed by atoms with van der Waals surface area (Å²) in [7, 11) is 0. The van der Waals surface area contributed by atoms with Crippen LogP contribution in [0.3, 0.4) is 0 Å². The molecule has 3 aromatic heterocycles. The smallest absolute Gasteiger partial charge is 0.263 e. The monoisotopic (exact) mass is 347 g/mol. The number of thioether (sulfide) groups is 1. The van der Waals surface area contributed by atoms with Crippen molar-refractivity contribution in [3.8, 4) is 11.3 Å². The molecule has 0 saturated carbocycles. The van der Waals surface area contributed by atoms with Crippen molar-refractivity contribution >= 4 is 39.2 Å². The Morgan fingerprint density at radius 1 is 1.57 bits per heavy atom. The Labute approximate surface area is 139 Å². The first-order valence-electron chi connectivity index (χ1n) is 6.69. The summed E-state index contributed by atoms with van der Waals surface area (Å²) in [6.07, 6.45) is 3.17. The van der Waals surface area contributed by atoms with Crippen LogP contribution in [0.4, 0.5) is 0 Å². The summed E-state index contributed by atoms with van der Waals surface area (Å²) in [4.78, 5) is 29.0. The van der Waals surface area contributed by atoms with E-state index in [0.717, 1.165) is 17.3 Å². The number of primary amides is 1. The number of nitrogens with two attached hydrogens (primary N) is 1. The number of carbonyl (C=O) groups excluding carboxylic acids is 1. The standard InChI is InChI=1S/C15H13N3O3S2/c1-2-5-18-14(20)12-9(10-4-3-6-21-10)7-22-13(12)17-15(18)23-8-11(16)19/h2-4,6-7H,1,5,8H2,(H2,16,19). The SMILES string of the molecule is C=CCn1c(SCC(N)=O)nc2scc(-c3ccco3)c2c1=O. The van der Waals surface area contributed by atoms with E-state index < -0.39 is 5.91 Å². The van der Waals surface area contributed by atoms with Gasteiger partial charge in [-0.25, -0.2) is 4.98 Å². The second-order valence-corrected chi connectivity index (χ2v) is 6.46. The highest BCUT2D eigenvalue weighted by Gasteiger charge is 2.18. The van der Waals surface area contributed by atoms with Crippen LogP contribution in [0.1, 0.15) is 0 Å². The van der Waals surface area contributed by atoms with E-state index in [1.165, 1.54) is 15.9 Å². The van der Waals surface area contributed by atoms with Gasteiger partial charge < -0.3 is 10.2 Å². The van der Waals surface area contributed by atoms with Crippen molar-refractivity contribution in [2.75, 3.05) is 5.75 Å². The number of nitrogens with zero attached hydrogens (tertiary/aromatic N) is 2. The van der Waals surface area contributed by atoms with E-state index in [2.05, 4.69) is 11.6 Å². The number of amides is 1. The number of thiophene rings is 1. The second kappa shape index (κ2) is 6.43. The number of fused-ring (bicyclic) bond motifs is 1. The third kappa shape index (κ3) is 2.95. The molecule has 2 N–H and O–H groups in total. The number of aromatic nitrogens is 2. The molecule has 1 amide bonds. The Hall–Kier alpha value is -2.32. The molecule has 0 aliphatic heterocycles. The van der Waals surface area contributed by atoms with Crippen LogP contribution in [0.15, 0.2) is 50.8 Å². The molecule has 3 heterocycles. The predicted octanol–water partition coefficient (Wildman–Crippen LogP) is 2.48. The molecule has 8 heteroatoms. The summed E-state index contributed by atoms with van der Waals surface area (Å²) in [5.74, 6) is 0.223. The van der Waals surface area contributed by atoms with Crippen LogP contribution in [-0.2, 0) is 11.3 Å². The van der Waals surface area contributed by atoms with E-state index >= 15 is 0 Å². The van der Waals surface area contributed by atoms with Crippen molar-refractivity contribution in [2.45, 2.75) is 11.7 Å². The fourth-order valence-corrected chi connectivity index (χ4v) is 3.87. The lowest BCUT2D eigenvalue weighted by atomic mass is 10.2. The minimum absolute atomic E-state index is 0.0610. The summed E-state index contributed by atoms with van der Waals surface area (Å²) in [6, 6.07) is 3.57. The van der Waals surface area contributed by atoms with Gasteiger partial charge >= 0.3 is 0 Å². The molecule has 0 aliphatic rings. The summed E-state index contributed by atoms with van der Waals surface area (Å²) < 4.78 is 6.88. The quantitative estimate of drug-likeness (QED) is 0.420. The molecule has 0 radical (unpaired) electrons. The Balaban J connectivity index is 2.20. The van der Waals surface area contributed by atoms with Crippen molar-refractivity contribution in [2.24, 2.45) is 5.73 Å². The van der Waals surface area contributed by atoms with Crippen molar-refractivity contribution in [1.82, 2.24) is 9.55 Å². The molecule has 0 saturated heterocycles. The average Bonchev–Trinajstić information content (AvgIpc) is 3.16. The zero-order chi connectivity index (χ0) is 16.4. The van der Waals surface area contributed by atoms with Crippen LogP contribution in [0.5, 0.6) is 0 Å². The molecule has 0 atom stereocenters. The third-order valence-corrected chi connectivity index (χ3v) is 4.97. The topological polar surface area (TPSA) is 91.1 Å². The maximum Gasteiger partial charge on any atom is 0.263 e. The molecule has 0 aromatic carbocycles. The van der Waals surface area contributed by atoms with Gasteiger partial charge in [0.05, 0.1) is 17.4 Å². The van der Waals surface area contributed by atoms with Crippen molar-refractivity contribution in [1.29, 1.82) is 0 Å². The lowest BCUT2D eigenvalue weighted by Gasteiger charge is -2.09. The van der Waals surface area contributed by atoms with Crippen LogP contribution in [0.25, 0.3) is 21.5 Å². The molecule has 6 nitrogen and oxygen atoms in total. The van der Waals surface area contributed by atoms with E-state index in [4.69, 9.17) is 10.2 Å². The highest BCUT2D eigenvalue weighted by Crippen LogP contribution is 2.32. The summed E-state index contributed by atoms with van der Waals surface area (Å²) in [5.41, 5.74) is 5.71. The van der Waals surface area contributed by atoms with E-state index in [9.17, 15) is 9.59 Å². The molecule has 0 aliphatic carbocycles. The predicted molar refractivity (Wildman–Crippen MR) is 91.7 cm³/mol. The average molecular weight is 347 g/mol. The third-order valence-electron chi connectivity index (χ3n) is 3.10. The number of allylic oxidation sites excluding steroid dienone is 1. The van der Waals surface area contributed by atoms with Crippen LogP contribution in [-0.4, -0.2) is 21.2 Å². The van der Waals surface area contributed by atoms with Crippen molar-refractivity contribution < 1.29 is 9.21 Å². The number of furan rings is 1. The normalized spacial score (nSPS) is 11.0. The van der Waals surface area contributed by atoms with Gasteiger partial charge in [-0.3, -0.25) is 14.2 Å². The first-order valence-corrected chi connectivity index (χ1v) is 8.56. The van der Waals surface area contributed by atoms with E-state index in [1.807, 2.05) is 5.38 Å². The molecule has 3 rings (SSSR count). The fraction of sp³-hybridized carbons (Fsp3) is 0.133. The lowest BCUT2D eigenvalue weighted by molar-refractivity contribution is -0.115. The molecule has 0 unspecified atom stereocenters. The molecule has 3 aromatic rings. The fourth-order valence-electron chi connectivity index (χ4n) is 2.15. The van der Waals surface area contributed by atoms with Crippen molar-refractivity contribution in [3.05, 3.63) is 46.8 Å². The summed E-state index contributed by atoms with van der Waals surface area (Å²) >= 11 is 2.51. The summed E-state index contributed by atoms with van der Waals surface area (Å²) in [5, 5.41) is 2.81. The minimum atomic E-state index is -0.461. The Morgan fingerprint density at radius 3 is 3.04 bits per heavy atom. The van der Waals surface area contributed by atoms with Gasteiger partial charge in [0, 0.05) is 17.5 Å². The number of hydrogen-bond acceptors (Lipinski definition) is 6. The van der Waals surface area contributed by atoms with Gasteiger partial charge in [-0.2, -0.15) is 0 Å². The highest BCUT2D eigenvalue weighted by molar-refractivity contribution is 7.99. The van der Waals surface area contributed by atoms with Crippen LogP contribution in [0.2, 0.25) is 0 Å². The minimum Gasteiger partial charge on any atom is -0.464 e. The van der Waals surface area contributed by atoms with Crippen LogP contribution in [0, 0.1) is 0 Å². The zero-order valence-electron chi connectivity index (χ0n) is 12.0. The van der Waals surface area contributed by atoms with Gasteiger partial charge in [-0.15, -0.1) is 17.9 Å². The van der Waals surface area contributed by atoms with Gasteiger partial charge in [0.25, 0.3) is 5.56 Å². The van der Waals surface area contributed by atoms with Gasteiger partial charge in [0.2, 0.25) is 5.91 Å². The molecule has 0 fully saturated rings. The lowest BCUT2D eigenvalue weighted by Crippen LogP contribution is -2.23. The van der Waals surface area contributed by atoms with Gasteiger partial charge in [-0.05, 0) is 12.1 Å². The molecule has 118 valence electrons. The highest BCUT2D eigenvalue weighted by atomic mass is 32.2. The van der Waals surface area contributed by atoms with Crippen molar-refractivity contribution in [3.63, 3.8) is 0 Å². The van der Waals surface area contributed by atoms with Crippen LogP contribution >= 0.6 is 23.1 Å².